The van der Waals surface area contributed by atoms with Crippen LogP contribution in [0.4, 0.5) is 11.5 Å². The van der Waals surface area contributed by atoms with Crippen molar-refractivity contribution in [3.63, 3.8) is 0 Å². The normalized spacial score (nSPS) is 22.2. The molecule has 6 rings (SSSR count). The van der Waals surface area contributed by atoms with E-state index in [0.717, 1.165) is 57.1 Å². The zero-order chi connectivity index (χ0) is 30.3. The Kier molecular flexibility index (Phi) is 10.0. The SMILES string of the molecule is CN1C[C@H](OCCOCCO)C[C@H]1COc1nc2c(c(N3CCN[C@@H](CC#N)C3)n1)CCN(c1cccc3ccccc13)C2. The first-order valence-electron chi connectivity index (χ1n) is 15.7. The van der Waals surface area contributed by atoms with Crippen molar-refractivity contribution in [2.24, 2.45) is 0 Å². The molecule has 1 aromatic heterocycles. The molecule has 3 aromatic rings. The van der Waals surface area contributed by atoms with Crippen molar-refractivity contribution < 1.29 is 19.3 Å². The molecule has 44 heavy (non-hydrogen) atoms. The highest BCUT2D eigenvalue weighted by Crippen LogP contribution is 2.34. The van der Waals surface area contributed by atoms with Crippen LogP contribution in [0.3, 0.4) is 0 Å². The number of likely N-dealkylation sites (tertiary alicyclic amines) is 1. The fourth-order valence-corrected chi connectivity index (χ4v) is 6.62. The number of anilines is 2. The van der Waals surface area contributed by atoms with E-state index >= 15 is 0 Å². The lowest BCUT2D eigenvalue weighted by Gasteiger charge is -2.37. The molecule has 0 unspecified atom stereocenters. The maximum Gasteiger partial charge on any atom is 0.318 e. The molecule has 2 N–H and O–H groups in total. The average Bonchev–Trinajstić information content (AvgIpc) is 3.41. The van der Waals surface area contributed by atoms with Gasteiger partial charge in [-0.1, -0.05) is 36.4 Å². The second-order valence-corrected chi connectivity index (χ2v) is 11.9. The first-order chi connectivity index (χ1) is 21.6. The molecule has 2 aromatic carbocycles. The first kappa shape index (κ1) is 30.5. The van der Waals surface area contributed by atoms with Crippen LogP contribution in [0.25, 0.3) is 10.8 Å². The minimum Gasteiger partial charge on any atom is -0.462 e. The van der Waals surface area contributed by atoms with Gasteiger partial charge in [0.25, 0.3) is 0 Å². The second kappa shape index (κ2) is 14.5. The third kappa shape index (κ3) is 7.06. The lowest BCUT2D eigenvalue weighted by molar-refractivity contribution is 0.00184. The number of piperazine rings is 1. The van der Waals surface area contributed by atoms with Gasteiger partial charge in [-0.2, -0.15) is 15.2 Å². The van der Waals surface area contributed by atoms with Gasteiger partial charge < -0.3 is 34.4 Å². The van der Waals surface area contributed by atoms with E-state index in [4.69, 9.17) is 29.3 Å². The van der Waals surface area contributed by atoms with E-state index in [0.29, 0.717) is 45.4 Å². The van der Waals surface area contributed by atoms with Crippen LogP contribution in [0.2, 0.25) is 0 Å². The van der Waals surface area contributed by atoms with Crippen LogP contribution in [-0.4, -0.2) is 111 Å². The van der Waals surface area contributed by atoms with E-state index < -0.39 is 0 Å². The summed E-state index contributed by atoms with van der Waals surface area (Å²) < 4.78 is 17.7. The summed E-state index contributed by atoms with van der Waals surface area (Å²) in [4.78, 5) is 17.0. The number of likely N-dealkylation sites (N-methyl/N-ethyl adjacent to an activating group) is 1. The predicted octanol–water partition coefficient (Wildman–Crippen LogP) is 2.36. The summed E-state index contributed by atoms with van der Waals surface area (Å²) in [5, 5.41) is 24.2. The molecule has 0 spiro atoms. The summed E-state index contributed by atoms with van der Waals surface area (Å²) in [6.45, 7) is 6.56. The summed E-state index contributed by atoms with van der Waals surface area (Å²) in [7, 11) is 2.09. The Hall–Kier alpha value is -3.53. The number of rotatable bonds is 12. The number of nitriles is 1. The first-order valence-corrected chi connectivity index (χ1v) is 15.7. The predicted molar refractivity (Wildman–Crippen MR) is 169 cm³/mol. The molecular formula is C33H43N7O4. The summed E-state index contributed by atoms with van der Waals surface area (Å²) in [6.07, 6.45) is 2.27. The Morgan fingerprint density at radius 1 is 1.05 bits per heavy atom. The molecule has 3 atom stereocenters. The fraction of sp³-hybridized carbons (Fsp3) is 0.545. The van der Waals surface area contributed by atoms with E-state index in [9.17, 15) is 5.26 Å². The second-order valence-electron chi connectivity index (χ2n) is 11.9. The van der Waals surface area contributed by atoms with Gasteiger partial charge in [-0.15, -0.1) is 0 Å². The molecule has 0 bridgehead atoms. The van der Waals surface area contributed by atoms with E-state index in [-0.39, 0.29) is 24.8 Å². The van der Waals surface area contributed by atoms with Gasteiger partial charge in [0.1, 0.15) is 12.4 Å². The third-order valence-electron chi connectivity index (χ3n) is 8.89. The van der Waals surface area contributed by atoms with Crippen LogP contribution in [0.5, 0.6) is 6.01 Å². The number of nitrogens with one attached hydrogen (secondary N) is 1. The van der Waals surface area contributed by atoms with E-state index in [1.807, 2.05) is 0 Å². The lowest BCUT2D eigenvalue weighted by Crippen LogP contribution is -2.51. The number of hydrogen-bond acceptors (Lipinski definition) is 11. The topological polar surface area (TPSA) is 119 Å². The van der Waals surface area contributed by atoms with E-state index in [2.05, 4.69) is 75.6 Å². The Morgan fingerprint density at radius 2 is 1.93 bits per heavy atom. The Labute approximate surface area is 259 Å². The molecule has 2 fully saturated rings. The number of ether oxygens (including phenoxy) is 3. The molecular weight excluding hydrogens is 558 g/mol. The van der Waals surface area contributed by atoms with E-state index in [1.165, 1.54) is 22.0 Å². The molecule has 0 saturated carbocycles. The van der Waals surface area contributed by atoms with Crippen LogP contribution in [0.15, 0.2) is 42.5 Å². The van der Waals surface area contributed by atoms with Gasteiger partial charge in [-0.25, -0.2) is 0 Å². The summed E-state index contributed by atoms with van der Waals surface area (Å²) in [5.74, 6) is 0.941. The van der Waals surface area contributed by atoms with Gasteiger partial charge in [0, 0.05) is 61.4 Å². The lowest BCUT2D eigenvalue weighted by atomic mass is 10.0. The molecule has 2 saturated heterocycles. The minimum absolute atomic E-state index is 0.0222. The van der Waals surface area contributed by atoms with Gasteiger partial charge in [0.2, 0.25) is 0 Å². The van der Waals surface area contributed by atoms with Crippen molar-refractivity contribution in [2.45, 2.75) is 44.0 Å². The molecule has 4 heterocycles. The molecule has 11 nitrogen and oxygen atoms in total. The molecule has 234 valence electrons. The van der Waals surface area contributed by atoms with Crippen LogP contribution in [0.1, 0.15) is 24.1 Å². The van der Waals surface area contributed by atoms with Crippen LogP contribution < -0.4 is 19.9 Å². The number of aliphatic hydroxyl groups excluding tert-OH is 1. The largest absolute Gasteiger partial charge is 0.462 e. The smallest absolute Gasteiger partial charge is 0.318 e. The highest BCUT2D eigenvalue weighted by Gasteiger charge is 2.32. The summed E-state index contributed by atoms with van der Waals surface area (Å²) in [6, 6.07) is 18.0. The molecule has 0 radical (unpaired) electrons. The van der Waals surface area contributed by atoms with Crippen LogP contribution >= 0.6 is 0 Å². The molecule has 0 amide bonds. The number of nitrogens with zero attached hydrogens (tertiary/aromatic N) is 6. The van der Waals surface area contributed by atoms with Crippen molar-refractivity contribution in [1.82, 2.24) is 20.2 Å². The standard InChI is InChI=1S/C33H43N7O4/c1-38-21-27(43-18-17-42-16-15-41)19-26(38)23-44-33-36-30-22-39(31-8-4-6-24-5-2-3-7-28(24)31)13-10-29(30)32(37-33)40-14-12-35-25(20-40)9-11-34/h2-8,25-27,35,41H,9-10,12-23H2,1H3/t25-,26-,27+/m0/s1. The van der Waals surface area contributed by atoms with Gasteiger partial charge in [0.15, 0.2) is 0 Å². The number of aliphatic hydroxyl groups is 1. The molecule has 11 heteroatoms. The monoisotopic (exact) mass is 601 g/mol. The van der Waals surface area contributed by atoms with Crippen LogP contribution in [-0.2, 0) is 22.4 Å². The Bertz CT molecular complexity index is 1440. The number of hydrogen-bond donors (Lipinski definition) is 2. The van der Waals surface area contributed by atoms with Crippen molar-refractivity contribution >= 4 is 22.3 Å². The minimum atomic E-state index is 0.0222. The van der Waals surface area contributed by atoms with E-state index in [1.54, 1.807) is 0 Å². The third-order valence-corrected chi connectivity index (χ3v) is 8.89. The maximum absolute atomic E-state index is 9.33. The average molecular weight is 602 g/mol. The van der Waals surface area contributed by atoms with Gasteiger partial charge >= 0.3 is 6.01 Å². The van der Waals surface area contributed by atoms with Gasteiger partial charge in [-0.05, 0) is 31.3 Å². The van der Waals surface area contributed by atoms with Crippen molar-refractivity contribution in [2.75, 3.05) is 82.6 Å². The zero-order valence-electron chi connectivity index (χ0n) is 25.5. The highest BCUT2D eigenvalue weighted by molar-refractivity contribution is 5.94. The molecule has 0 aliphatic carbocycles. The summed E-state index contributed by atoms with van der Waals surface area (Å²) >= 11 is 0. The number of benzene rings is 2. The fourth-order valence-electron chi connectivity index (χ4n) is 6.62. The Balaban J connectivity index is 1.20. The quantitative estimate of drug-likeness (QED) is 0.298. The Morgan fingerprint density at radius 3 is 2.82 bits per heavy atom. The highest BCUT2D eigenvalue weighted by atomic mass is 16.5. The van der Waals surface area contributed by atoms with Crippen molar-refractivity contribution in [3.05, 3.63) is 53.7 Å². The van der Waals surface area contributed by atoms with Gasteiger partial charge in [-0.3, -0.25) is 4.90 Å². The van der Waals surface area contributed by atoms with Crippen molar-refractivity contribution in [3.8, 4) is 12.1 Å². The molecule has 3 aliphatic heterocycles. The van der Waals surface area contributed by atoms with Gasteiger partial charge in [0.05, 0.1) is 57.3 Å². The maximum atomic E-state index is 9.33. The van der Waals surface area contributed by atoms with Crippen molar-refractivity contribution in [1.29, 1.82) is 5.26 Å². The number of fused-ring (bicyclic) bond motifs is 2. The number of aromatic nitrogens is 2. The zero-order valence-corrected chi connectivity index (χ0v) is 25.5. The molecule has 3 aliphatic rings. The van der Waals surface area contributed by atoms with Crippen LogP contribution in [0, 0.1) is 11.3 Å². The summed E-state index contributed by atoms with van der Waals surface area (Å²) in [5.41, 5.74) is 3.40.